The zero-order valence-corrected chi connectivity index (χ0v) is 16.5. The Morgan fingerprint density at radius 3 is 2.85 bits per heavy atom. The fourth-order valence-electron chi connectivity index (χ4n) is 3.38. The average molecular weight is 375 g/mol. The number of amides is 1. The van der Waals surface area contributed by atoms with Gasteiger partial charge in [0, 0.05) is 24.0 Å². The molecule has 1 aliphatic rings. The largest absolute Gasteiger partial charge is 0.493 e. The van der Waals surface area contributed by atoms with Crippen molar-refractivity contribution in [1.29, 1.82) is 0 Å². The summed E-state index contributed by atoms with van der Waals surface area (Å²) in [5.41, 5.74) is 1.80. The second-order valence-electron chi connectivity index (χ2n) is 6.65. The molecule has 1 unspecified atom stereocenters. The third kappa shape index (κ3) is 4.18. The van der Waals surface area contributed by atoms with Crippen LogP contribution < -0.4 is 9.47 Å². The van der Waals surface area contributed by atoms with Crippen molar-refractivity contribution in [1.82, 2.24) is 9.88 Å². The number of thiazole rings is 1. The summed E-state index contributed by atoms with van der Waals surface area (Å²) in [6.07, 6.45) is 3.86. The first-order chi connectivity index (χ1) is 12.6. The standard InChI is InChI=1S/C20H26N2O3S/c1-4-14-6-5-9-22(12-14)19(23)11-16-13-26-20(21-16)15-7-8-17(24-2)18(10-15)25-3/h7-8,10,13-14H,4-6,9,11-12H2,1-3H3. The molecule has 5 nitrogen and oxygen atoms in total. The number of piperidine rings is 1. The van der Waals surface area contributed by atoms with E-state index >= 15 is 0 Å². The number of ether oxygens (including phenoxy) is 2. The smallest absolute Gasteiger partial charge is 0.228 e. The first kappa shape index (κ1) is 18.7. The normalized spacial score (nSPS) is 17.2. The van der Waals surface area contributed by atoms with E-state index < -0.39 is 0 Å². The molecule has 1 saturated heterocycles. The molecule has 0 saturated carbocycles. The van der Waals surface area contributed by atoms with E-state index in [-0.39, 0.29) is 5.91 Å². The Hall–Kier alpha value is -2.08. The van der Waals surface area contributed by atoms with Gasteiger partial charge < -0.3 is 14.4 Å². The number of benzene rings is 1. The first-order valence-corrected chi connectivity index (χ1v) is 9.97. The molecule has 1 aromatic heterocycles. The number of hydrogen-bond donors (Lipinski definition) is 0. The molecule has 1 atom stereocenters. The lowest BCUT2D eigenvalue weighted by Crippen LogP contribution is -2.40. The van der Waals surface area contributed by atoms with Crippen LogP contribution in [-0.2, 0) is 11.2 Å². The maximum atomic E-state index is 12.6. The van der Waals surface area contributed by atoms with Crippen LogP contribution in [0.2, 0.25) is 0 Å². The average Bonchev–Trinajstić information content (AvgIpc) is 3.15. The molecule has 2 aromatic rings. The molecule has 1 aliphatic heterocycles. The van der Waals surface area contributed by atoms with E-state index in [9.17, 15) is 4.79 Å². The summed E-state index contributed by atoms with van der Waals surface area (Å²) in [5.74, 6) is 2.20. The summed E-state index contributed by atoms with van der Waals surface area (Å²) in [7, 11) is 3.24. The number of methoxy groups -OCH3 is 2. The van der Waals surface area contributed by atoms with Gasteiger partial charge in [0.2, 0.25) is 5.91 Å². The van der Waals surface area contributed by atoms with Crippen LogP contribution in [-0.4, -0.2) is 43.1 Å². The van der Waals surface area contributed by atoms with Crippen LogP contribution in [0.15, 0.2) is 23.6 Å². The van der Waals surface area contributed by atoms with Crippen LogP contribution in [0.5, 0.6) is 11.5 Å². The van der Waals surface area contributed by atoms with Crippen molar-refractivity contribution in [2.45, 2.75) is 32.6 Å². The molecule has 1 aromatic carbocycles. The van der Waals surface area contributed by atoms with Crippen molar-refractivity contribution in [3.05, 3.63) is 29.3 Å². The van der Waals surface area contributed by atoms with Crippen LogP contribution in [0.3, 0.4) is 0 Å². The summed E-state index contributed by atoms with van der Waals surface area (Å²) < 4.78 is 10.6. The van der Waals surface area contributed by atoms with Crippen LogP contribution in [0.4, 0.5) is 0 Å². The maximum absolute atomic E-state index is 12.6. The summed E-state index contributed by atoms with van der Waals surface area (Å²) in [6, 6.07) is 5.75. The van der Waals surface area contributed by atoms with E-state index in [1.54, 1.807) is 25.6 Å². The molecule has 140 valence electrons. The molecule has 6 heteroatoms. The van der Waals surface area contributed by atoms with Gasteiger partial charge >= 0.3 is 0 Å². The van der Waals surface area contributed by atoms with Gasteiger partial charge in [-0.25, -0.2) is 4.98 Å². The Labute approximate surface area is 159 Å². The summed E-state index contributed by atoms with van der Waals surface area (Å²) in [5, 5.41) is 2.87. The zero-order valence-electron chi connectivity index (χ0n) is 15.7. The van der Waals surface area contributed by atoms with E-state index in [1.807, 2.05) is 28.5 Å². The molecule has 0 aliphatic carbocycles. The predicted molar refractivity (Wildman–Crippen MR) is 104 cm³/mol. The Morgan fingerprint density at radius 2 is 2.12 bits per heavy atom. The van der Waals surface area contributed by atoms with Crippen molar-refractivity contribution >= 4 is 17.2 Å². The van der Waals surface area contributed by atoms with Crippen molar-refractivity contribution in [2.75, 3.05) is 27.3 Å². The Morgan fingerprint density at radius 1 is 1.31 bits per heavy atom. The predicted octanol–water partition coefficient (Wildman–Crippen LogP) is 4.02. The maximum Gasteiger partial charge on any atom is 0.228 e. The van der Waals surface area contributed by atoms with Gasteiger partial charge in [0.05, 0.1) is 26.3 Å². The summed E-state index contributed by atoms with van der Waals surface area (Å²) in [6.45, 7) is 3.97. The molecule has 0 radical (unpaired) electrons. The lowest BCUT2D eigenvalue weighted by Gasteiger charge is -2.32. The summed E-state index contributed by atoms with van der Waals surface area (Å²) >= 11 is 1.55. The topological polar surface area (TPSA) is 51.7 Å². The van der Waals surface area contributed by atoms with Crippen molar-refractivity contribution in [3.8, 4) is 22.1 Å². The second-order valence-corrected chi connectivity index (χ2v) is 7.50. The first-order valence-electron chi connectivity index (χ1n) is 9.09. The molecule has 1 amide bonds. The molecule has 26 heavy (non-hydrogen) atoms. The van der Waals surface area contributed by atoms with Crippen LogP contribution in [0.25, 0.3) is 10.6 Å². The minimum absolute atomic E-state index is 0.187. The van der Waals surface area contributed by atoms with E-state index in [0.717, 1.165) is 42.2 Å². The number of carbonyl (C=O) groups excluding carboxylic acids is 1. The van der Waals surface area contributed by atoms with Gasteiger partial charge in [-0.2, -0.15) is 0 Å². The van der Waals surface area contributed by atoms with Gasteiger partial charge in [-0.1, -0.05) is 13.3 Å². The fraction of sp³-hybridized carbons (Fsp3) is 0.500. The molecular weight excluding hydrogens is 348 g/mol. The minimum atomic E-state index is 0.187. The van der Waals surface area contributed by atoms with Gasteiger partial charge in [0.15, 0.2) is 11.5 Å². The van der Waals surface area contributed by atoms with Crippen LogP contribution in [0, 0.1) is 5.92 Å². The molecule has 0 spiro atoms. The molecule has 1 fully saturated rings. The lowest BCUT2D eigenvalue weighted by molar-refractivity contribution is -0.132. The molecule has 3 rings (SSSR count). The highest BCUT2D eigenvalue weighted by molar-refractivity contribution is 7.13. The number of aromatic nitrogens is 1. The van der Waals surface area contributed by atoms with Crippen LogP contribution in [0.1, 0.15) is 31.9 Å². The van der Waals surface area contributed by atoms with Crippen molar-refractivity contribution in [3.63, 3.8) is 0 Å². The number of hydrogen-bond acceptors (Lipinski definition) is 5. The molecule has 2 heterocycles. The van der Waals surface area contributed by atoms with Gasteiger partial charge in [-0.05, 0) is 37.0 Å². The molecule has 0 N–H and O–H groups in total. The van der Waals surface area contributed by atoms with Crippen molar-refractivity contribution in [2.24, 2.45) is 5.92 Å². The number of likely N-dealkylation sites (tertiary alicyclic amines) is 1. The summed E-state index contributed by atoms with van der Waals surface area (Å²) in [4.78, 5) is 19.3. The SMILES string of the molecule is CCC1CCCN(C(=O)Cc2csc(-c3ccc(OC)c(OC)c3)n2)C1. The van der Waals surface area contributed by atoms with E-state index in [0.29, 0.717) is 23.8 Å². The highest BCUT2D eigenvalue weighted by Crippen LogP contribution is 2.33. The minimum Gasteiger partial charge on any atom is -0.493 e. The van der Waals surface area contributed by atoms with E-state index in [1.165, 1.54) is 6.42 Å². The number of nitrogens with zero attached hydrogens (tertiary/aromatic N) is 2. The number of carbonyl (C=O) groups is 1. The fourth-order valence-corrected chi connectivity index (χ4v) is 4.20. The van der Waals surface area contributed by atoms with Gasteiger partial charge in [0.25, 0.3) is 0 Å². The van der Waals surface area contributed by atoms with Gasteiger partial charge in [0.1, 0.15) is 5.01 Å². The van der Waals surface area contributed by atoms with E-state index in [2.05, 4.69) is 11.9 Å². The van der Waals surface area contributed by atoms with E-state index in [4.69, 9.17) is 9.47 Å². The zero-order chi connectivity index (χ0) is 18.5. The van der Waals surface area contributed by atoms with Gasteiger partial charge in [-0.3, -0.25) is 4.79 Å². The van der Waals surface area contributed by atoms with Crippen molar-refractivity contribution < 1.29 is 14.3 Å². The van der Waals surface area contributed by atoms with Gasteiger partial charge in [-0.15, -0.1) is 11.3 Å². The quantitative estimate of drug-likeness (QED) is 0.766. The second kappa shape index (κ2) is 8.54. The van der Waals surface area contributed by atoms with Crippen LogP contribution >= 0.6 is 11.3 Å². The third-order valence-electron chi connectivity index (χ3n) is 4.96. The Kier molecular flexibility index (Phi) is 6.14. The monoisotopic (exact) mass is 374 g/mol. The Bertz CT molecular complexity index is 759. The Balaban J connectivity index is 1.69. The highest BCUT2D eigenvalue weighted by atomic mass is 32.1. The lowest BCUT2D eigenvalue weighted by atomic mass is 9.95. The number of rotatable bonds is 6. The third-order valence-corrected chi connectivity index (χ3v) is 5.90. The highest BCUT2D eigenvalue weighted by Gasteiger charge is 2.23. The molecular formula is C20H26N2O3S. The molecule has 0 bridgehead atoms.